The normalized spacial score (nSPS) is 18.6. The standard InChI is InChI=1S/C11H16N2/c1-8-4-3-5-9(2)11(8)10(13)6-7-12/h4,6-7,12H,3,5,13H2,1-2H3/b10-6-,12-7?. The summed E-state index contributed by atoms with van der Waals surface area (Å²) in [6, 6.07) is 0. The molecule has 0 fully saturated rings. The van der Waals surface area contributed by atoms with E-state index in [0.717, 1.165) is 18.4 Å². The van der Waals surface area contributed by atoms with Crippen LogP contribution in [0.2, 0.25) is 0 Å². The molecule has 1 aliphatic carbocycles. The smallest absolute Gasteiger partial charge is 0.0404 e. The van der Waals surface area contributed by atoms with E-state index < -0.39 is 0 Å². The molecular weight excluding hydrogens is 160 g/mol. The van der Waals surface area contributed by atoms with Crippen molar-refractivity contribution in [3.63, 3.8) is 0 Å². The zero-order valence-electron chi connectivity index (χ0n) is 8.22. The number of allylic oxidation sites excluding steroid dienone is 4. The molecule has 70 valence electrons. The maximum Gasteiger partial charge on any atom is 0.0404 e. The van der Waals surface area contributed by atoms with Crippen LogP contribution in [-0.4, -0.2) is 6.21 Å². The highest BCUT2D eigenvalue weighted by atomic mass is 14.6. The van der Waals surface area contributed by atoms with E-state index in [1.54, 1.807) is 6.08 Å². The average Bonchev–Trinajstić information content (AvgIpc) is 2.04. The molecule has 0 aromatic heterocycles. The van der Waals surface area contributed by atoms with Gasteiger partial charge in [0.15, 0.2) is 0 Å². The summed E-state index contributed by atoms with van der Waals surface area (Å²) in [7, 11) is 0. The van der Waals surface area contributed by atoms with Gasteiger partial charge in [-0.1, -0.05) is 11.6 Å². The van der Waals surface area contributed by atoms with Gasteiger partial charge in [0.25, 0.3) is 0 Å². The summed E-state index contributed by atoms with van der Waals surface area (Å²) >= 11 is 0. The SMILES string of the molecule is CC1=CCCC(C)=C1/C(N)=C/C=N. The second kappa shape index (κ2) is 4.08. The van der Waals surface area contributed by atoms with Crippen LogP contribution in [0, 0.1) is 5.41 Å². The summed E-state index contributed by atoms with van der Waals surface area (Å²) in [5, 5.41) is 6.96. The molecule has 0 saturated heterocycles. The minimum absolute atomic E-state index is 0.709. The van der Waals surface area contributed by atoms with Crippen molar-refractivity contribution in [2.45, 2.75) is 26.7 Å². The quantitative estimate of drug-likeness (QED) is 0.624. The van der Waals surface area contributed by atoms with Crippen LogP contribution < -0.4 is 5.73 Å². The second-order valence-corrected chi connectivity index (χ2v) is 3.37. The van der Waals surface area contributed by atoms with E-state index >= 15 is 0 Å². The van der Waals surface area contributed by atoms with Crippen molar-refractivity contribution in [2.75, 3.05) is 0 Å². The van der Waals surface area contributed by atoms with Crippen molar-refractivity contribution in [2.24, 2.45) is 5.73 Å². The molecule has 0 aromatic carbocycles. The lowest BCUT2D eigenvalue weighted by Crippen LogP contribution is -2.07. The van der Waals surface area contributed by atoms with Crippen molar-refractivity contribution < 1.29 is 0 Å². The average molecular weight is 176 g/mol. The first-order valence-electron chi connectivity index (χ1n) is 4.50. The molecule has 0 saturated carbocycles. The number of hydrogen-bond acceptors (Lipinski definition) is 2. The molecule has 0 atom stereocenters. The van der Waals surface area contributed by atoms with Crippen LogP contribution >= 0.6 is 0 Å². The molecule has 3 N–H and O–H groups in total. The molecule has 0 radical (unpaired) electrons. The monoisotopic (exact) mass is 176 g/mol. The van der Waals surface area contributed by atoms with Crippen molar-refractivity contribution >= 4 is 6.21 Å². The van der Waals surface area contributed by atoms with Crippen LogP contribution in [0.3, 0.4) is 0 Å². The van der Waals surface area contributed by atoms with Crippen molar-refractivity contribution in [3.05, 3.63) is 34.6 Å². The van der Waals surface area contributed by atoms with Crippen LogP contribution in [0.15, 0.2) is 34.6 Å². The highest BCUT2D eigenvalue weighted by molar-refractivity contribution is 5.71. The number of hydrogen-bond donors (Lipinski definition) is 2. The lowest BCUT2D eigenvalue weighted by atomic mass is 9.90. The lowest BCUT2D eigenvalue weighted by molar-refractivity contribution is 0.919. The summed E-state index contributed by atoms with van der Waals surface area (Å²) in [6.07, 6.45) is 7.27. The molecule has 2 heteroatoms. The molecule has 0 unspecified atom stereocenters. The first-order valence-corrected chi connectivity index (χ1v) is 4.50. The molecule has 0 aliphatic heterocycles. The van der Waals surface area contributed by atoms with Crippen molar-refractivity contribution in [3.8, 4) is 0 Å². The first-order chi connectivity index (χ1) is 6.16. The van der Waals surface area contributed by atoms with E-state index in [1.165, 1.54) is 17.4 Å². The summed E-state index contributed by atoms with van der Waals surface area (Å²) in [4.78, 5) is 0. The molecule has 0 spiro atoms. The van der Waals surface area contributed by atoms with Gasteiger partial charge in [-0.2, -0.15) is 0 Å². The molecule has 13 heavy (non-hydrogen) atoms. The third-order valence-electron chi connectivity index (χ3n) is 2.34. The van der Waals surface area contributed by atoms with Gasteiger partial charge in [-0.3, -0.25) is 0 Å². The van der Waals surface area contributed by atoms with E-state index in [4.69, 9.17) is 11.1 Å². The van der Waals surface area contributed by atoms with Gasteiger partial charge in [-0.25, -0.2) is 0 Å². The fraction of sp³-hybridized carbons (Fsp3) is 0.364. The fourth-order valence-corrected chi connectivity index (χ4v) is 1.72. The number of nitrogens with two attached hydrogens (primary N) is 1. The third kappa shape index (κ3) is 2.08. The molecule has 0 bridgehead atoms. The Morgan fingerprint density at radius 3 is 2.77 bits per heavy atom. The minimum atomic E-state index is 0.709. The Hall–Kier alpha value is -1.31. The second-order valence-electron chi connectivity index (χ2n) is 3.37. The highest BCUT2D eigenvalue weighted by Crippen LogP contribution is 2.27. The summed E-state index contributed by atoms with van der Waals surface area (Å²) in [5.41, 5.74) is 10.3. The Labute approximate surface area is 79.3 Å². The van der Waals surface area contributed by atoms with Gasteiger partial charge in [-0.05, 0) is 43.9 Å². The Morgan fingerprint density at radius 2 is 2.23 bits per heavy atom. The summed E-state index contributed by atoms with van der Waals surface area (Å²) in [5.74, 6) is 0. The molecule has 0 aromatic rings. The topological polar surface area (TPSA) is 49.9 Å². The predicted molar refractivity (Wildman–Crippen MR) is 56.7 cm³/mol. The maximum atomic E-state index is 6.96. The van der Waals surface area contributed by atoms with Gasteiger partial charge >= 0.3 is 0 Å². The van der Waals surface area contributed by atoms with Crippen molar-refractivity contribution in [1.82, 2.24) is 0 Å². The van der Waals surface area contributed by atoms with Crippen LogP contribution in [0.1, 0.15) is 26.7 Å². The van der Waals surface area contributed by atoms with Gasteiger partial charge in [0.2, 0.25) is 0 Å². The zero-order chi connectivity index (χ0) is 9.84. The van der Waals surface area contributed by atoms with Crippen LogP contribution in [0.25, 0.3) is 0 Å². The molecule has 0 amide bonds. The van der Waals surface area contributed by atoms with Crippen LogP contribution in [-0.2, 0) is 0 Å². The minimum Gasteiger partial charge on any atom is -0.398 e. The Kier molecular flexibility index (Phi) is 3.07. The molecule has 1 rings (SSSR count). The van der Waals surface area contributed by atoms with Crippen LogP contribution in [0.5, 0.6) is 0 Å². The van der Waals surface area contributed by atoms with Gasteiger partial charge in [-0.15, -0.1) is 0 Å². The molecule has 0 heterocycles. The van der Waals surface area contributed by atoms with Gasteiger partial charge in [0.05, 0.1) is 0 Å². The third-order valence-corrected chi connectivity index (χ3v) is 2.34. The van der Waals surface area contributed by atoms with Gasteiger partial charge < -0.3 is 11.1 Å². The largest absolute Gasteiger partial charge is 0.398 e. The van der Waals surface area contributed by atoms with E-state index in [9.17, 15) is 0 Å². The summed E-state index contributed by atoms with van der Waals surface area (Å²) < 4.78 is 0. The van der Waals surface area contributed by atoms with Gasteiger partial charge in [0.1, 0.15) is 0 Å². The summed E-state index contributed by atoms with van der Waals surface area (Å²) in [6.45, 7) is 4.18. The number of rotatable bonds is 2. The van der Waals surface area contributed by atoms with E-state index in [1.807, 2.05) is 0 Å². The van der Waals surface area contributed by atoms with Crippen molar-refractivity contribution in [1.29, 1.82) is 5.41 Å². The zero-order valence-corrected chi connectivity index (χ0v) is 8.22. The molecular formula is C11H16N2. The Balaban J connectivity index is 3.07. The highest BCUT2D eigenvalue weighted by Gasteiger charge is 2.11. The maximum absolute atomic E-state index is 6.96. The Bertz CT molecular complexity index is 306. The van der Waals surface area contributed by atoms with E-state index in [2.05, 4.69) is 19.9 Å². The first kappa shape index (κ1) is 9.78. The number of nitrogens with one attached hydrogen (secondary N) is 1. The molecule has 1 aliphatic rings. The van der Waals surface area contributed by atoms with Crippen LogP contribution in [0.4, 0.5) is 0 Å². The van der Waals surface area contributed by atoms with Gasteiger partial charge in [0, 0.05) is 11.9 Å². The molecule has 2 nitrogen and oxygen atoms in total. The lowest BCUT2D eigenvalue weighted by Gasteiger charge is -2.17. The predicted octanol–water partition coefficient (Wildman–Crippen LogP) is 2.54. The Morgan fingerprint density at radius 1 is 1.54 bits per heavy atom. The fourth-order valence-electron chi connectivity index (χ4n) is 1.72. The van der Waals surface area contributed by atoms with E-state index in [0.29, 0.717) is 5.70 Å². The van der Waals surface area contributed by atoms with E-state index in [-0.39, 0.29) is 0 Å².